The van der Waals surface area contributed by atoms with Crippen molar-refractivity contribution in [2.45, 2.75) is 32.7 Å². The zero-order valence-corrected chi connectivity index (χ0v) is 11.1. The third-order valence-corrected chi connectivity index (χ3v) is 3.48. The molecule has 1 saturated heterocycles. The molecule has 0 aromatic carbocycles. The molecule has 1 fully saturated rings. The summed E-state index contributed by atoms with van der Waals surface area (Å²) < 4.78 is 4.60. The van der Waals surface area contributed by atoms with Crippen LogP contribution in [0.5, 0.6) is 0 Å². The molecule has 0 radical (unpaired) electrons. The van der Waals surface area contributed by atoms with Crippen LogP contribution in [0.2, 0.25) is 0 Å². The molecule has 1 aromatic heterocycles. The molecule has 1 aromatic rings. The van der Waals surface area contributed by atoms with Crippen LogP contribution in [0.15, 0.2) is 12.1 Å². The largest absolute Gasteiger partial charge is 0.464 e. The lowest BCUT2D eigenvalue weighted by Crippen LogP contribution is -2.40. The van der Waals surface area contributed by atoms with Crippen LogP contribution in [0.4, 0.5) is 5.82 Å². The lowest BCUT2D eigenvalue weighted by atomic mass is 9.93. The summed E-state index contributed by atoms with van der Waals surface area (Å²) in [4.78, 5) is 13.5. The van der Waals surface area contributed by atoms with Crippen LogP contribution < -0.4 is 4.90 Å². The van der Waals surface area contributed by atoms with E-state index in [0.717, 1.165) is 18.3 Å². The number of rotatable bonds is 2. The van der Waals surface area contributed by atoms with E-state index < -0.39 is 5.97 Å². The minimum absolute atomic E-state index is 0.249. The highest BCUT2D eigenvalue weighted by atomic mass is 16.5. The molecule has 0 aliphatic carbocycles. The summed E-state index contributed by atoms with van der Waals surface area (Å²) in [5.74, 6) is 1.15. The van der Waals surface area contributed by atoms with Crippen LogP contribution in [0.1, 0.15) is 37.2 Å². The van der Waals surface area contributed by atoms with Crippen molar-refractivity contribution >= 4 is 11.8 Å². The second-order valence-electron chi connectivity index (χ2n) is 4.94. The van der Waals surface area contributed by atoms with E-state index in [1.165, 1.54) is 20.0 Å². The maximum Gasteiger partial charge on any atom is 0.358 e. The minimum atomic E-state index is -0.450. The molecule has 0 amide bonds. The fourth-order valence-corrected chi connectivity index (χ4v) is 2.44. The van der Waals surface area contributed by atoms with Crippen molar-refractivity contribution in [3.63, 3.8) is 0 Å². The predicted molar refractivity (Wildman–Crippen MR) is 68.6 cm³/mol. The van der Waals surface area contributed by atoms with Crippen LogP contribution in [0.25, 0.3) is 0 Å². The van der Waals surface area contributed by atoms with E-state index in [1.807, 2.05) is 6.07 Å². The van der Waals surface area contributed by atoms with Crippen LogP contribution in [0, 0.1) is 5.92 Å². The van der Waals surface area contributed by atoms with E-state index in [1.54, 1.807) is 6.07 Å². The van der Waals surface area contributed by atoms with E-state index >= 15 is 0 Å². The van der Waals surface area contributed by atoms with Crippen LogP contribution in [0.3, 0.4) is 0 Å². The van der Waals surface area contributed by atoms with Gasteiger partial charge in [-0.25, -0.2) is 4.79 Å². The number of anilines is 1. The number of nitrogens with zero attached hydrogens (tertiary/aromatic N) is 3. The summed E-state index contributed by atoms with van der Waals surface area (Å²) >= 11 is 0. The number of esters is 1. The molecule has 5 heteroatoms. The maximum absolute atomic E-state index is 11.3. The second kappa shape index (κ2) is 5.33. The average molecular weight is 249 g/mol. The normalized spacial score (nSPS) is 23.8. The van der Waals surface area contributed by atoms with Gasteiger partial charge in [0.25, 0.3) is 0 Å². The first kappa shape index (κ1) is 12.8. The van der Waals surface area contributed by atoms with Crippen LogP contribution >= 0.6 is 0 Å². The molecule has 1 aliphatic rings. The molecule has 5 nitrogen and oxygen atoms in total. The van der Waals surface area contributed by atoms with Gasteiger partial charge in [-0.1, -0.05) is 6.92 Å². The Kier molecular flexibility index (Phi) is 3.79. The molecule has 2 atom stereocenters. The Hall–Kier alpha value is -1.65. The van der Waals surface area contributed by atoms with Gasteiger partial charge < -0.3 is 9.64 Å². The van der Waals surface area contributed by atoms with Gasteiger partial charge in [-0.3, -0.25) is 0 Å². The van der Waals surface area contributed by atoms with Crippen molar-refractivity contribution in [1.82, 2.24) is 10.2 Å². The summed E-state index contributed by atoms with van der Waals surface area (Å²) in [6.45, 7) is 5.47. The molecule has 98 valence electrons. The number of carbonyl (C=O) groups is 1. The van der Waals surface area contributed by atoms with Gasteiger partial charge in [-0.2, -0.15) is 0 Å². The van der Waals surface area contributed by atoms with Crippen LogP contribution in [-0.2, 0) is 4.74 Å². The van der Waals surface area contributed by atoms with Crippen LogP contribution in [-0.4, -0.2) is 35.9 Å². The number of carbonyl (C=O) groups excluding carboxylic acids is 1. The summed E-state index contributed by atoms with van der Waals surface area (Å²) in [7, 11) is 1.34. The Bertz CT molecular complexity index is 419. The van der Waals surface area contributed by atoms with Gasteiger partial charge in [0.1, 0.15) is 0 Å². The Balaban J connectivity index is 2.12. The Morgan fingerprint density at radius 1 is 1.39 bits per heavy atom. The summed E-state index contributed by atoms with van der Waals surface area (Å²) in [6, 6.07) is 3.97. The van der Waals surface area contributed by atoms with E-state index in [4.69, 9.17) is 0 Å². The first-order valence-electron chi connectivity index (χ1n) is 6.30. The van der Waals surface area contributed by atoms with Crippen molar-refractivity contribution in [3.05, 3.63) is 17.8 Å². The van der Waals surface area contributed by atoms with Crippen molar-refractivity contribution in [1.29, 1.82) is 0 Å². The number of hydrogen-bond donors (Lipinski definition) is 0. The first-order valence-corrected chi connectivity index (χ1v) is 6.30. The Morgan fingerprint density at radius 3 is 2.72 bits per heavy atom. The quantitative estimate of drug-likeness (QED) is 0.749. The zero-order valence-electron chi connectivity index (χ0n) is 11.1. The topological polar surface area (TPSA) is 55.3 Å². The highest BCUT2D eigenvalue weighted by Gasteiger charge is 2.24. The summed E-state index contributed by atoms with van der Waals surface area (Å²) in [5, 5.41) is 8.03. The van der Waals surface area contributed by atoms with Crippen molar-refractivity contribution in [3.8, 4) is 0 Å². The number of methoxy groups -OCH3 is 1. The molecule has 2 rings (SSSR count). The monoisotopic (exact) mass is 249 g/mol. The van der Waals surface area contributed by atoms with Gasteiger partial charge in [-0.15, -0.1) is 10.2 Å². The van der Waals surface area contributed by atoms with E-state index in [0.29, 0.717) is 6.04 Å². The maximum atomic E-state index is 11.3. The summed E-state index contributed by atoms with van der Waals surface area (Å²) in [5.41, 5.74) is 0.249. The van der Waals surface area contributed by atoms with E-state index in [-0.39, 0.29) is 5.69 Å². The first-order chi connectivity index (χ1) is 8.61. The highest BCUT2D eigenvalue weighted by molar-refractivity contribution is 5.86. The Morgan fingerprint density at radius 2 is 2.17 bits per heavy atom. The second-order valence-corrected chi connectivity index (χ2v) is 4.94. The number of hydrogen-bond acceptors (Lipinski definition) is 5. The highest BCUT2D eigenvalue weighted by Crippen LogP contribution is 2.25. The molecule has 0 saturated carbocycles. The zero-order chi connectivity index (χ0) is 13.1. The van der Waals surface area contributed by atoms with Crippen molar-refractivity contribution in [2.24, 2.45) is 5.92 Å². The SMILES string of the molecule is COC(=O)c1ccc(N2CC[C@@H](C)C[C@H]2C)nn1. The van der Waals surface area contributed by atoms with E-state index in [9.17, 15) is 4.79 Å². The molecular formula is C13H19N3O2. The lowest BCUT2D eigenvalue weighted by molar-refractivity contribution is 0.0592. The molecule has 0 bridgehead atoms. The molecule has 18 heavy (non-hydrogen) atoms. The van der Waals surface area contributed by atoms with Gasteiger partial charge in [-0.05, 0) is 37.8 Å². The smallest absolute Gasteiger partial charge is 0.358 e. The third-order valence-electron chi connectivity index (χ3n) is 3.48. The molecule has 0 N–H and O–H groups in total. The van der Waals surface area contributed by atoms with Crippen molar-refractivity contribution in [2.75, 3.05) is 18.6 Å². The fourth-order valence-electron chi connectivity index (χ4n) is 2.44. The number of ether oxygens (including phenoxy) is 1. The molecule has 1 aliphatic heterocycles. The van der Waals surface area contributed by atoms with Gasteiger partial charge in [0.15, 0.2) is 11.5 Å². The van der Waals surface area contributed by atoms with Gasteiger partial charge in [0.05, 0.1) is 7.11 Å². The van der Waals surface area contributed by atoms with Gasteiger partial charge in [0.2, 0.25) is 0 Å². The average Bonchev–Trinajstić information content (AvgIpc) is 2.38. The summed E-state index contributed by atoms with van der Waals surface area (Å²) in [6.07, 6.45) is 2.34. The Labute approximate surface area is 107 Å². The van der Waals surface area contributed by atoms with Crippen molar-refractivity contribution < 1.29 is 9.53 Å². The third kappa shape index (κ3) is 2.60. The number of aromatic nitrogens is 2. The lowest BCUT2D eigenvalue weighted by Gasteiger charge is -2.37. The minimum Gasteiger partial charge on any atom is -0.464 e. The fraction of sp³-hybridized carbons (Fsp3) is 0.615. The standard InChI is InChI=1S/C13H19N3O2/c1-9-6-7-16(10(2)8-9)12-5-4-11(14-15-12)13(17)18-3/h4-5,9-10H,6-8H2,1-3H3/t9-,10-/m1/s1. The van der Waals surface area contributed by atoms with Gasteiger partial charge >= 0.3 is 5.97 Å². The predicted octanol–water partition coefficient (Wildman–Crippen LogP) is 1.89. The van der Waals surface area contributed by atoms with E-state index in [2.05, 4.69) is 33.7 Å². The molecule has 0 spiro atoms. The molecular weight excluding hydrogens is 230 g/mol. The molecule has 0 unspecified atom stereocenters. The van der Waals surface area contributed by atoms with Gasteiger partial charge in [0, 0.05) is 12.6 Å². The number of piperidine rings is 1. The molecule has 2 heterocycles.